The van der Waals surface area contributed by atoms with Gasteiger partial charge in [0.05, 0.1) is 0 Å². The minimum absolute atomic E-state index is 0.151. The van der Waals surface area contributed by atoms with Crippen LogP contribution in [-0.2, 0) is 0 Å². The smallest absolute Gasteiger partial charge is 0.339 e. The van der Waals surface area contributed by atoms with Gasteiger partial charge in [0.2, 0.25) is 0 Å². The van der Waals surface area contributed by atoms with Crippen LogP contribution in [0.3, 0.4) is 0 Å². The molecule has 1 atom stereocenters. The zero-order valence-corrected chi connectivity index (χ0v) is 8.32. The second-order valence-electron chi connectivity index (χ2n) is 4.22. The van der Waals surface area contributed by atoms with E-state index >= 15 is 0 Å². The molecule has 84 valence electrons. The number of hydrogen-bond donors (Lipinski definition) is 1. The van der Waals surface area contributed by atoms with Crippen molar-refractivity contribution in [1.82, 2.24) is 0 Å². The van der Waals surface area contributed by atoms with Crippen molar-refractivity contribution in [3.8, 4) is 0 Å². The van der Waals surface area contributed by atoms with E-state index in [9.17, 15) is 17.6 Å². The minimum Gasteiger partial charge on any atom is -0.386 e. The molecule has 0 aromatic rings. The maximum Gasteiger partial charge on any atom is 0.339 e. The van der Waals surface area contributed by atoms with Gasteiger partial charge in [-0.2, -0.15) is 17.6 Å². The first kappa shape index (κ1) is 13.4. The number of aliphatic hydroxyl groups excluding tert-OH is 1. The van der Waals surface area contributed by atoms with Crippen molar-refractivity contribution >= 4 is 0 Å². The predicted octanol–water partition coefficient (Wildman–Crippen LogP) is 2.85. The highest BCUT2D eigenvalue weighted by Crippen LogP contribution is 2.43. The van der Waals surface area contributed by atoms with Crippen LogP contribution in [0.25, 0.3) is 0 Å². The maximum absolute atomic E-state index is 13.0. The Bertz CT molecular complexity index is 217. The first-order chi connectivity index (χ1) is 5.97. The van der Waals surface area contributed by atoms with Crippen molar-refractivity contribution in [3.63, 3.8) is 0 Å². The van der Waals surface area contributed by atoms with Gasteiger partial charge in [0.1, 0.15) is 6.10 Å². The quantitative estimate of drug-likeness (QED) is 0.565. The molecule has 0 fully saturated rings. The highest BCUT2D eigenvalue weighted by molar-refractivity contribution is 5.04. The Morgan fingerprint density at radius 1 is 1.14 bits per heavy atom. The van der Waals surface area contributed by atoms with E-state index in [1.807, 2.05) is 0 Å². The molecule has 0 radical (unpaired) electrons. The topological polar surface area (TPSA) is 20.2 Å². The number of rotatable bonds is 3. The van der Waals surface area contributed by atoms with Gasteiger partial charge < -0.3 is 5.11 Å². The first-order valence-corrected chi connectivity index (χ1v) is 4.04. The second kappa shape index (κ2) is 3.53. The van der Waals surface area contributed by atoms with E-state index in [2.05, 4.69) is 6.58 Å². The lowest BCUT2D eigenvalue weighted by Gasteiger charge is -2.35. The summed E-state index contributed by atoms with van der Waals surface area (Å²) in [6.07, 6.45) is -2.58. The molecular formula is C9H14F4O. The third kappa shape index (κ3) is 2.26. The summed E-state index contributed by atoms with van der Waals surface area (Å²) in [5.74, 6) is -8.91. The van der Waals surface area contributed by atoms with Gasteiger partial charge in [-0.1, -0.05) is 27.4 Å². The molecule has 0 aliphatic heterocycles. The Morgan fingerprint density at radius 2 is 1.50 bits per heavy atom. The van der Waals surface area contributed by atoms with Crippen LogP contribution in [0, 0.1) is 5.41 Å². The molecule has 0 saturated heterocycles. The van der Waals surface area contributed by atoms with Crippen LogP contribution in [0.15, 0.2) is 12.7 Å². The van der Waals surface area contributed by atoms with Crippen molar-refractivity contribution in [2.24, 2.45) is 5.41 Å². The number of alkyl halides is 4. The summed E-state index contributed by atoms with van der Waals surface area (Å²) in [5, 5.41) is 9.10. The molecule has 0 aromatic heterocycles. The molecule has 5 heteroatoms. The monoisotopic (exact) mass is 214 g/mol. The van der Waals surface area contributed by atoms with Crippen LogP contribution in [-0.4, -0.2) is 23.1 Å². The van der Waals surface area contributed by atoms with E-state index in [0.29, 0.717) is 0 Å². The molecule has 1 N–H and O–H groups in total. The average molecular weight is 214 g/mol. The predicted molar refractivity (Wildman–Crippen MR) is 45.6 cm³/mol. The molecule has 1 nitrogen and oxygen atoms in total. The normalized spacial score (nSPS) is 16.6. The lowest BCUT2D eigenvalue weighted by molar-refractivity contribution is -0.250. The Morgan fingerprint density at radius 3 is 1.71 bits per heavy atom. The van der Waals surface area contributed by atoms with Gasteiger partial charge in [0.25, 0.3) is 0 Å². The Balaban J connectivity index is 5.06. The third-order valence-corrected chi connectivity index (χ3v) is 1.86. The first-order valence-electron chi connectivity index (χ1n) is 4.04. The summed E-state index contributed by atoms with van der Waals surface area (Å²) >= 11 is 0. The second-order valence-corrected chi connectivity index (χ2v) is 4.22. The van der Waals surface area contributed by atoms with Crippen molar-refractivity contribution in [3.05, 3.63) is 12.7 Å². The third-order valence-electron chi connectivity index (χ3n) is 1.86. The lowest BCUT2D eigenvalue weighted by atomic mass is 9.83. The maximum atomic E-state index is 13.0. The Kier molecular flexibility index (Phi) is 3.38. The molecule has 0 heterocycles. The van der Waals surface area contributed by atoms with Crippen molar-refractivity contribution < 1.29 is 22.7 Å². The van der Waals surface area contributed by atoms with Crippen molar-refractivity contribution in [2.45, 2.75) is 38.7 Å². The number of hydrogen-bond acceptors (Lipinski definition) is 1. The van der Waals surface area contributed by atoms with Gasteiger partial charge in [-0.25, -0.2) is 0 Å². The summed E-state index contributed by atoms with van der Waals surface area (Å²) < 4.78 is 51.4. The summed E-state index contributed by atoms with van der Waals surface area (Å²) in [6.45, 7) is 6.39. The number of allylic oxidation sites excluding steroid dienone is 1. The fraction of sp³-hybridized carbons (Fsp3) is 0.778. The fourth-order valence-corrected chi connectivity index (χ4v) is 0.862. The van der Waals surface area contributed by atoms with E-state index < -0.39 is 23.4 Å². The Hall–Kier alpha value is -0.580. The molecule has 0 amide bonds. The number of aliphatic hydroxyl groups is 1. The average Bonchev–Trinajstić information content (AvgIpc) is 2.01. The Labute approximate surface area is 80.4 Å². The van der Waals surface area contributed by atoms with Crippen LogP contribution < -0.4 is 0 Å². The highest BCUT2D eigenvalue weighted by Gasteiger charge is 2.61. The molecule has 14 heavy (non-hydrogen) atoms. The van der Waals surface area contributed by atoms with Crippen LogP contribution in [0.4, 0.5) is 17.6 Å². The molecule has 0 aliphatic carbocycles. The van der Waals surface area contributed by atoms with E-state index in [1.54, 1.807) is 0 Å². The molecule has 0 rings (SSSR count). The molecule has 0 bridgehead atoms. The zero-order valence-electron chi connectivity index (χ0n) is 8.32. The summed E-state index contributed by atoms with van der Waals surface area (Å²) in [5.41, 5.74) is -1.32. The highest BCUT2D eigenvalue weighted by atomic mass is 19.3. The molecule has 0 aromatic carbocycles. The van der Waals surface area contributed by atoms with Gasteiger partial charge in [0, 0.05) is 0 Å². The SMILES string of the molecule is C=CC(F)(F)C(F)(F)C(O)C(C)(C)C. The fourth-order valence-electron chi connectivity index (χ4n) is 0.862. The summed E-state index contributed by atoms with van der Waals surface area (Å²) in [7, 11) is 0. The van der Waals surface area contributed by atoms with Gasteiger partial charge in [-0.3, -0.25) is 0 Å². The zero-order chi connectivity index (χ0) is 11.8. The van der Waals surface area contributed by atoms with E-state index in [-0.39, 0.29) is 6.08 Å². The standard InChI is InChI=1S/C9H14F4O/c1-5-8(10,11)9(12,13)6(14)7(2,3)4/h5-6,14H,1H2,2-4H3. The van der Waals surface area contributed by atoms with Crippen LogP contribution in [0.2, 0.25) is 0 Å². The molecule has 0 aliphatic rings. The minimum atomic E-state index is -4.51. The van der Waals surface area contributed by atoms with Crippen LogP contribution in [0.1, 0.15) is 20.8 Å². The van der Waals surface area contributed by atoms with Crippen LogP contribution >= 0.6 is 0 Å². The van der Waals surface area contributed by atoms with E-state index in [4.69, 9.17) is 5.11 Å². The summed E-state index contributed by atoms with van der Waals surface area (Å²) in [4.78, 5) is 0. The molecular weight excluding hydrogens is 200 g/mol. The van der Waals surface area contributed by atoms with Gasteiger partial charge in [0.15, 0.2) is 0 Å². The largest absolute Gasteiger partial charge is 0.386 e. The van der Waals surface area contributed by atoms with Gasteiger partial charge in [-0.15, -0.1) is 0 Å². The van der Waals surface area contributed by atoms with Gasteiger partial charge >= 0.3 is 11.8 Å². The number of halogens is 4. The van der Waals surface area contributed by atoms with E-state index in [1.165, 1.54) is 20.8 Å². The molecule has 0 saturated carbocycles. The van der Waals surface area contributed by atoms with E-state index in [0.717, 1.165) is 0 Å². The lowest BCUT2D eigenvalue weighted by Crippen LogP contribution is -2.53. The summed E-state index contributed by atoms with van der Waals surface area (Å²) in [6, 6.07) is 0. The van der Waals surface area contributed by atoms with Crippen molar-refractivity contribution in [2.75, 3.05) is 0 Å². The molecule has 1 unspecified atom stereocenters. The van der Waals surface area contributed by atoms with Crippen molar-refractivity contribution in [1.29, 1.82) is 0 Å². The molecule has 0 spiro atoms. The van der Waals surface area contributed by atoms with Gasteiger partial charge in [-0.05, 0) is 11.5 Å². The van der Waals surface area contributed by atoms with Crippen LogP contribution in [0.5, 0.6) is 0 Å².